The summed E-state index contributed by atoms with van der Waals surface area (Å²) in [5, 5.41) is 3.15. The summed E-state index contributed by atoms with van der Waals surface area (Å²) in [5.41, 5.74) is 0.571. The normalized spacial score (nSPS) is 15.8. The second-order valence-electron chi connectivity index (χ2n) is 6.90. The van der Waals surface area contributed by atoms with Gasteiger partial charge >= 0.3 is 0 Å². The first-order valence-electron chi connectivity index (χ1n) is 9.54. The predicted octanol–water partition coefficient (Wildman–Crippen LogP) is 1.18. The second-order valence-corrected chi connectivity index (χ2v) is 8.98. The summed E-state index contributed by atoms with van der Waals surface area (Å²) >= 11 is 0. The van der Waals surface area contributed by atoms with E-state index in [-0.39, 0.29) is 24.3 Å². The van der Waals surface area contributed by atoms with E-state index in [1.165, 1.54) is 4.31 Å². The number of nitrogens with zero attached hydrogens (tertiary/aromatic N) is 2. The number of sulfonamides is 1. The summed E-state index contributed by atoms with van der Waals surface area (Å²) in [6, 6.07) is 8.98. The summed E-state index contributed by atoms with van der Waals surface area (Å²) < 4.78 is 32.3. The molecule has 0 bridgehead atoms. The maximum atomic E-state index is 12.8. The van der Waals surface area contributed by atoms with E-state index in [2.05, 4.69) is 5.32 Å². The number of carbonyl (C=O) groups is 1. The number of nitrogens with one attached hydrogen (secondary N) is 1. The van der Waals surface area contributed by atoms with Gasteiger partial charge in [0.1, 0.15) is 0 Å². The van der Waals surface area contributed by atoms with E-state index in [0.717, 1.165) is 0 Å². The van der Waals surface area contributed by atoms with Gasteiger partial charge in [-0.3, -0.25) is 4.79 Å². The van der Waals surface area contributed by atoms with E-state index in [0.29, 0.717) is 51.3 Å². The first-order chi connectivity index (χ1) is 12.9. The second kappa shape index (κ2) is 10.8. The van der Waals surface area contributed by atoms with Crippen LogP contribution in [-0.2, 0) is 14.8 Å². The monoisotopic (exact) mass is 397 g/mol. The molecule has 0 saturated carbocycles. The van der Waals surface area contributed by atoms with Gasteiger partial charge in [-0.1, -0.05) is 18.2 Å². The van der Waals surface area contributed by atoms with E-state index in [9.17, 15) is 13.2 Å². The van der Waals surface area contributed by atoms with Gasteiger partial charge in [-0.25, -0.2) is 8.42 Å². The van der Waals surface area contributed by atoms with E-state index in [4.69, 9.17) is 4.74 Å². The lowest BCUT2D eigenvalue weighted by Gasteiger charge is -2.28. The maximum absolute atomic E-state index is 12.8. The van der Waals surface area contributed by atoms with Crippen molar-refractivity contribution in [3.05, 3.63) is 35.9 Å². The van der Waals surface area contributed by atoms with Crippen molar-refractivity contribution in [2.24, 2.45) is 0 Å². The van der Waals surface area contributed by atoms with E-state index in [1.807, 2.05) is 32.0 Å². The summed E-state index contributed by atoms with van der Waals surface area (Å²) in [6.45, 7) is 7.42. The van der Waals surface area contributed by atoms with Crippen LogP contribution in [0.15, 0.2) is 30.3 Å². The standard InChI is InChI=1S/C19H31N3O4S/c1-17(2)26-15-6-11-21(19(23)18-7-4-3-5-8-18)14-16-27(24,25)22-12-9-20-10-13-22/h3-5,7-8,17,20H,6,9-16H2,1-2H3. The van der Waals surface area contributed by atoms with Crippen molar-refractivity contribution < 1.29 is 17.9 Å². The number of amides is 1. The molecule has 1 fully saturated rings. The van der Waals surface area contributed by atoms with Gasteiger partial charge in [0.2, 0.25) is 10.0 Å². The van der Waals surface area contributed by atoms with Crippen molar-refractivity contribution in [3.8, 4) is 0 Å². The molecular formula is C19H31N3O4S. The van der Waals surface area contributed by atoms with Crippen molar-refractivity contribution in [2.75, 3.05) is 51.6 Å². The number of rotatable bonds is 10. The quantitative estimate of drug-likeness (QED) is 0.600. The Balaban J connectivity index is 1.99. The molecular weight excluding hydrogens is 366 g/mol. The van der Waals surface area contributed by atoms with Crippen LogP contribution in [0.5, 0.6) is 0 Å². The van der Waals surface area contributed by atoms with Crippen molar-refractivity contribution in [1.82, 2.24) is 14.5 Å². The van der Waals surface area contributed by atoms with Crippen LogP contribution in [0.1, 0.15) is 30.6 Å². The van der Waals surface area contributed by atoms with Crippen LogP contribution >= 0.6 is 0 Å². The molecule has 1 saturated heterocycles. The Morgan fingerprint density at radius 2 is 1.85 bits per heavy atom. The van der Waals surface area contributed by atoms with Gasteiger partial charge in [0.25, 0.3) is 5.91 Å². The van der Waals surface area contributed by atoms with Gasteiger partial charge in [-0.15, -0.1) is 0 Å². The van der Waals surface area contributed by atoms with Crippen LogP contribution in [0.4, 0.5) is 0 Å². The predicted molar refractivity (Wildman–Crippen MR) is 106 cm³/mol. The molecule has 0 aliphatic carbocycles. The molecule has 1 aromatic rings. The van der Waals surface area contributed by atoms with Crippen LogP contribution in [0, 0.1) is 0 Å². The average Bonchev–Trinajstić information content (AvgIpc) is 2.68. The molecule has 0 spiro atoms. The van der Waals surface area contributed by atoms with Gasteiger partial charge in [0, 0.05) is 51.4 Å². The van der Waals surface area contributed by atoms with Gasteiger partial charge in [-0.05, 0) is 32.4 Å². The minimum absolute atomic E-state index is 0.0589. The fourth-order valence-electron chi connectivity index (χ4n) is 2.93. The van der Waals surface area contributed by atoms with Gasteiger partial charge in [0.05, 0.1) is 11.9 Å². The highest BCUT2D eigenvalue weighted by atomic mass is 32.2. The number of carbonyl (C=O) groups excluding carboxylic acids is 1. The molecule has 2 rings (SSSR count). The zero-order valence-electron chi connectivity index (χ0n) is 16.3. The van der Waals surface area contributed by atoms with Crippen molar-refractivity contribution in [3.63, 3.8) is 0 Å². The number of hydrogen-bond donors (Lipinski definition) is 1. The smallest absolute Gasteiger partial charge is 0.253 e. The number of hydrogen-bond acceptors (Lipinski definition) is 5. The van der Waals surface area contributed by atoms with Crippen LogP contribution in [-0.4, -0.2) is 81.3 Å². The molecule has 27 heavy (non-hydrogen) atoms. The Bertz CT molecular complexity index is 673. The van der Waals surface area contributed by atoms with Gasteiger partial charge in [0.15, 0.2) is 0 Å². The molecule has 1 aliphatic rings. The molecule has 0 unspecified atom stereocenters. The van der Waals surface area contributed by atoms with Crippen molar-refractivity contribution >= 4 is 15.9 Å². The lowest BCUT2D eigenvalue weighted by Crippen LogP contribution is -2.48. The Morgan fingerprint density at radius 1 is 1.19 bits per heavy atom. The summed E-state index contributed by atoms with van der Waals surface area (Å²) in [4.78, 5) is 14.5. The molecule has 1 aromatic carbocycles. The molecule has 1 heterocycles. The maximum Gasteiger partial charge on any atom is 0.253 e. The average molecular weight is 398 g/mol. The van der Waals surface area contributed by atoms with Crippen LogP contribution in [0.3, 0.4) is 0 Å². The Hall–Kier alpha value is -1.48. The van der Waals surface area contributed by atoms with Gasteiger partial charge in [-0.2, -0.15) is 4.31 Å². The molecule has 0 radical (unpaired) electrons. The largest absolute Gasteiger partial charge is 0.379 e. The van der Waals surface area contributed by atoms with Crippen LogP contribution < -0.4 is 5.32 Å². The highest BCUT2D eigenvalue weighted by molar-refractivity contribution is 7.89. The molecule has 7 nitrogen and oxygen atoms in total. The Morgan fingerprint density at radius 3 is 2.48 bits per heavy atom. The zero-order chi connectivity index (χ0) is 19.7. The summed E-state index contributed by atoms with van der Waals surface area (Å²) in [5.74, 6) is -0.202. The van der Waals surface area contributed by atoms with Crippen LogP contribution in [0.25, 0.3) is 0 Å². The van der Waals surface area contributed by atoms with E-state index in [1.54, 1.807) is 17.0 Å². The molecule has 0 atom stereocenters. The van der Waals surface area contributed by atoms with Crippen molar-refractivity contribution in [1.29, 1.82) is 0 Å². The minimum Gasteiger partial charge on any atom is -0.379 e. The minimum atomic E-state index is -3.37. The molecule has 1 aliphatic heterocycles. The first-order valence-corrected chi connectivity index (χ1v) is 11.2. The fourth-order valence-corrected chi connectivity index (χ4v) is 4.38. The number of piperazine rings is 1. The number of ether oxygens (including phenoxy) is 1. The first kappa shape index (κ1) is 21.8. The van der Waals surface area contributed by atoms with Crippen molar-refractivity contribution in [2.45, 2.75) is 26.4 Å². The third-order valence-electron chi connectivity index (χ3n) is 4.42. The topological polar surface area (TPSA) is 79.0 Å². The molecule has 152 valence electrons. The molecule has 0 aromatic heterocycles. The lowest BCUT2D eigenvalue weighted by molar-refractivity contribution is 0.0625. The number of benzene rings is 1. The highest BCUT2D eigenvalue weighted by Crippen LogP contribution is 2.09. The molecule has 1 amide bonds. The van der Waals surface area contributed by atoms with E-state index < -0.39 is 10.0 Å². The Labute approximate surface area is 162 Å². The summed E-state index contributed by atoms with van der Waals surface area (Å²) in [7, 11) is -3.37. The fraction of sp³-hybridized carbons (Fsp3) is 0.632. The summed E-state index contributed by atoms with van der Waals surface area (Å²) in [6.07, 6.45) is 0.807. The SMILES string of the molecule is CC(C)OCCCN(CCS(=O)(=O)N1CCNCC1)C(=O)c1ccccc1. The molecule has 1 N–H and O–H groups in total. The molecule has 8 heteroatoms. The Kier molecular flexibility index (Phi) is 8.69. The highest BCUT2D eigenvalue weighted by Gasteiger charge is 2.25. The lowest BCUT2D eigenvalue weighted by atomic mass is 10.2. The van der Waals surface area contributed by atoms with E-state index >= 15 is 0 Å². The third kappa shape index (κ3) is 7.21. The zero-order valence-corrected chi connectivity index (χ0v) is 17.1. The van der Waals surface area contributed by atoms with Crippen LogP contribution in [0.2, 0.25) is 0 Å². The third-order valence-corrected chi connectivity index (χ3v) is 6.27. The van der Waals surface area contributed by atoms with Gasteiger partial charge < -0.3 is 15.0 Å².